The molecule has 0 aliphatic heterocycles. The van der Waals surface area contributed by atoms with Gasteiger partial charge in [0, 0.05) is 5.92 Å². The van der Waals surface area contributed by atoms with E-state index in [0.29, 0.717) is 0 Å². The lowest BCUT2D eigenvalue weighted by Gasteiger charge is -2.15. The molecule has 7 heteroatoms. The van der Waals surface area contributed by atoms with Gasteiger partial charge in [-0.1, -0.05) is 54.6 Å². The Morgan fingerprint density at radius 2 is 1.73 bits per heavy atom. The van der Waals surface area contributed by atoms with Gasteiger partial charge >= 0.3 is 13.7 Å². The van der Waals surface area contributed by atoms with E-state index in [1.54, 1.807) is 0 Å². The quantitative estimate of drug-likeness (QED) is 0.568. The van der Waals surface area contributed by atoms with Crippen LogP contribution in [0.5, 0.6) is 0 Å². The summed E-state index contributed by atoms with van der Waals surface area (Å²) < 4.78 is 21.7. The molecule has 1 amide bonds. The Labute approximate surface area is 152 Å². The van der Waals surface area contributed by atoms with Crippen molar-refractivity contribution in [1.29, 1.82) is 0 Å². The summed E-state index contributed by atoms with van der Waals surface area (Å²) in [5.41, 5.74) is 4.47. The van der Waals surface area contributed by atoms with Crippen LogP contribution in [0.3, 0.4) is 0 Å². The van der Waals surface area contributed by atoms with Crippen LogP contribution in [0.2, 0.25) is 0 Å². The second-order valence-corrected chi connectivity index (χ2v) is 7.73. The van der Waals surface area contributed by atoms with E-state index < -0.39 is 20.0 Å². The third kappa shape index (κ3) is 4.05. The molecule has 26 heavy (non-hydrogen) atoms. The van der Waals surface area contributed by atoms with Gasteiger partial charge in [-0.2, -0.15) is 0 Å². The normalized spacial score (nSPS) is 14.8. The summed E-state index contributed by atoms with van der Waals surface area (Å²) in [7, 11) is -3.90. The third-order valence-electron chi connectivity index (χ3n) is 4.16. The number of amides is 1. The molecule has 1 unspecified atom stereocenters. The SMILES string of the molecule is C=CCOP(=O)(O)CNC(=O)OCC1c2ccccc2-c2ccccc21. The molecule has 0 radical (unpaired) electrons. The molecule has 0 aromatic heterocycles. The Morgan fingerprint density at radius 1 is 1.15 bits per heavy atom. The van der Waals surface area contributed by atoms with Gasteiger partial charge in [-0.3, -0.25) is 4.57 Å². The first kappa shape index (κ1) is 18.4. The number of ether oxygens (including phenoxy) is 1. The van der Waals surface area contributed by atoms with Gasteiger partial charge in [-0.05, 0) is 22.3 Å². The summed E-state index contributed by atoms with van der Waals surface area (Å²) in [5.74, 6) is -0.0638. The van der Waals surface area contributed by atoms with Crippen LogP contribution in [0.15, 0.2) is 61.2 Å². The second-order valence-electron chi connectivity index (χ2n) is 5.88. The Kier molecular flexibility index (Phi) is 5.57. The highest BCUT2D eigenvalue weighted by Gasteiger charge is 2.29. The molecule has 0 spiro atoms. The molecule has 2 aromatic carbocycles. The zero-order chi connectivity index (χ0) is 18.6. The van der Waals surface area contributed by atoms with Crippen molar-refractivity contribution in [1.82, 2.24) is 5.32 Å². The van der Waals surface area contributed by atoms with Gasteiger partial charge in [0.25, 0.3) is 0 Å². The molecule has 0 saturated carbocycles. The second kappa shape index (κ2) is 7.87. The minimum atomic E-state index is -3.90. The van der Waals surface area contributed by atoms with Gasteiger partial charge in [0.2, 0.25) is 0 Å². The Bertz CT molecular complexity index is 821. The predicted octanol–water partition coefficient (Wildman–Crippen LogP) is 3.87. The van der Waals surface area contributed by atoms with Crippen LogP contribution < -0.4 is 5.32 Å². The van der Waals surface area contributed by atoms with Crippen LogP contribution in [0.1, 0.15) is 17.0 Å². The van der Waals surface area contributed by atoms with Crippen molar-refractivity contribution in [3.8, 4) is 11.1 Å². The van der Waals surface area contributed by atoms with Crippen LogP contribution in [0.4, 0.5) is 4.79 Å². The maximum atomic E-state index is 11.9. The summed E-state index contributed by atoms with van der Waals surface area (Å²) >= 11 is 0. The molecule has 2 aromatic rings. The van der Waals surface area contributed by atoms with E-state index in [4.69, 9.17) is 9.26 Å². The smallest absolute Gasteiger partial charge is 0.407 e. The van der Waals surface area contributed by atoms with Gasteiger partial charge in [-0.25, -0.2) is 4.79 Å². The van der Waals surface area contributed by atoms with Crippen molar-refractivity contribution in [2.45, 2.75) is 5.92 Å². The minimum Gasteiger partial charge on any atom is -0.449 e. The van der Waals surface area contributed by atoms with Gasteiger partial charge < -0.3 is 19.5 Å². The number of hydrogen-bond acceptors (Lipinski definition) is 4. The maximum Gasteiger partial charge on any atom is 0.407 e. The maximum absolute atomic E-state index is 11.9. The van der Waals surface area contributed by atoms with E-state index in [2.05, 4.69) is 11.9 Å². The van der Waals surface area contributed by atoms with Crippen molar-refractivity contribution in [2.24, 2.45) is 0 Å². The van der Waals surface area contributed by atoms with E-state index in [1.807, 2.05) is 48.5 Å². The topological polar surface area (TPSA) is 84.9 Å². The van der Waals surface area contributed by atoms with E-state index in [-0.39, 0.29) is 19.1 Å². The third-order valence-corrected chi connectivity index (χ3v) is 5.27. The first-order valence-corrected chi connectivity index (χ1v) is 9.94. The fourth-order valence-electron chi connectivity index (χ4n) is 3.03. The van der Waals surface area contributed by atoms with Gasteiger partial charge in [0.05, 0.1) is 6.61 Å². The standard InChI is InChI=1S/C19H20NO5P/c1-2-11-25-26(22,23)13-20-19(21)24-12-18-16-9-5-3-7-14(16)15-8-4-6-10-17(15)18/h2-10,18H,1,11-13H2,(H,20,21)(H,22,23). The van der Waals surface area contributed by atoms with Crippen LogP contribution >= 0.6 is 7.60 Å². The molecule has 3 rings (SSSR count). The molecule has 0 bridgehead atoms. The Balaban J connectivity index is 1.62. The zero-order valence-corrected chi connectivity index (χ0v) is 15.0. The lowest BCUT2D eigenvalue weighted by molar-refractivity contribution is 0.143. The van der Waals surface area contributed by atoms with Crippen LogP contribution in [-0.4, -0.2) is 30.5 Å². The van der Waals surface area contributed by atoms with Crippen molar-refractivity contribution < 1.29 is 23.5 Å². The van der Waals surface area contributed by atoms with Crippen LogP contribution in [0, 0.1) is 0 Å². The number of rotatable bonds is 7. The van der Waals surface area contributed by atoms with Crippen molar-refractivity contribution >= 4 is 13.7 Å². The predicted molar refractivity (Wildman–Crippen MR) is 99.0 cm³/mol. The van der Waals surface area contributed by atoms with Crippen molar-refractivity contribution in [3.05, 3.63) is 72.3 Å². The highest BCUT2D eigenvalue weighted by molar-refractivity contribution is 7.52. The zero-order valence-electron chi connectivity index (χ0n) is 14.1. The van der Waals surface area contributed by atoms with Gasteiger partial charge in [0.1, 0.15) is 12.9 Å². The largest absolute Gasteiger partial charge is 0.449 e. The van der Waals surface area contributed by atoms with Crippen molar-refractivity contribution in [2.75, 3.05) is 19.5 Å². The lowest BCUT2D eigenvalue weighted by Crippen LogP contribution is -2.27. The van der Waals surface area contributed by atoms with Crippen LogP contribution in [-0.2, 0) is 13.8 Å². The molecule has 136 valence electrons. The molecule has 0 heterocycles. The average molecular weight is 373 g/mol. The van der Waals surface area contributed by atoms with Gasteiger partial charge in [0.15, 0.2) is 0 Å². The molecule has 1 atom stereocenters. The molecule has 1 aliphatic rings. The number of hydrogen-bond donors (Lipinski definition) is 2. The number of carbonyl (C=O) groups is 1. The first-order valence-electron chi connectivity index (χ1n) is 8.18. The molecule has 1 aliphatic carbocycles. The molecule has 0 fully saturated rings. The van der Waals surface area contributed by atoms with E-state index in [9.17, 15) is 14.3 Å². The molecule has 0 saturated heterocycles. The summed E-state index contributed by atoms with van der Waals surface area (Å²) in [4.78, 5) is 21.5. The summed E-state index contributed by atoms with van der Waals surface area (Å²) in [6.45, 7) is 3.47. The summed E-state index contributed by atoms with van der Waals surface area (Å²) in [5, 5.41) is 2.27. The number of carbonyl (C=O) groups excluding carboxylic acids is 1. The lowest BCUT2D eigenvalue weighted by atomic mass is 9.98. The van der Waals surface area contributed by atoms with Crippen LogP contribution in [0.25, 0.3) is 11.1 Å². The number of benzene rings is 2. The fraction of sp³-hybridized carbons (Fsp3) is 0.211. The summed E-state index contributed by atoms with van der Waals surface area (Å²) in [6.07, 6.45) is 0.0802. The van der Waals surface area contributed by atoms with Gasteiger partial charge in [-0.15, -0.1) is 6.58 Å². The van der Waals surface area contributed by atoms with E-state index in [1.165, 1.54) is 6.08 Å². The van der Waals surface area contributed by atoms with Crippen molar-refractivity contribution in [3.63, 3.8) is 0 Å². The average Bonchev–Trinajstić information content (AvgIpc) is 2.97. The monoisotopic (exact) mass is 373 g/mol. The summed E-state index contributed by atoms with van der Waals surface area (Å²) in [6, 6.07) is 16.0. The number of fused-ring (bicyclic) bond motifs is 3. The highest BCUT2D eigenvalue weighted by Crippen LogP contribution is 2.44. The molecule has 2 N–H and O–H groups in total. The molecular formula is C19H20NO5P. The fourth-order valence-corrected chi connectivity index (χ4v) is 3.79. The Hall–Kier alpha value is -2.40. The first-order chi connectivity index (χ1) is 12.5. The molecule has 6 nitrogen and oxygen atoms in total. The highest BCUT2D eigenvalue weighted by atomic mass is 31.2. The number of alkyl carbamates (subject to hydrolysis) is 1. The van der Waals surface area contributed by atoms with E-state index in [0.717, 1.165) is 22.3 Å². The Morgan fingerprint density at radius 3 is 2.31 bits per heavy atom. The number of nitrogens with one attached hydrogen (secondary N) is 1. The minimum absolute atomic E-state index is 0.0638. The van der Waals surface area contributed by atoms with E-state index >= 15 is 0 Å². The molecular weight excluding hydrogens is 353 g/mol.